The summed E-state index contributed by atoms with van der Waals surface area (Å²) in [6.07, 6.45) is 4.54. The largest absolute Gasteiger partial charge is 0.404 e. The number of aliphatic hydroxyl groups is 1. The molecule has 0 spiro atoms. The number of hydrogen-bond donors (Lipinski definition) is 4. The number of halogens is 2. The van der Waals surface area contributed by atoms with Gasteiger partial charge in [-0.25, -0.2) is 14.4 Å². The van der Waals surface area contributed by atoms with Gasteiger partial charge in [0.05, 0.1) is 23.2 Å². The van der Waals surface area contributed by atoms with E-state index in [9.17, 15) is 14.3 Å². The van der Waals surface area contributed by atoms with Crippen LogP contribution in [-0.4, -0.2) is 40.5 Å². The predicted octanol–water partition coefficient (Wildman–Crippen LogP) is 2.80. The van der Waals surface area contributed by atoms with Crippen LogP contribution in [0.2, 0.25) is 5.02 Å². The lowest BCUT2D eigenvalue weighted by atomic mass is 10.1. The Hall–Kier alpha value is -3.56. The molecule has 3 rings (SSSR count). The molecule has 1 amide bonds. The Labute approximate surface area is 182 Å². The third-order valence-corrected chi connectivity index (χ3v) is 4.70. The molecule has 8 nitrogen and oxygen atoms in total. The molecular formula is C21H20ClFN6O2. The van der Waals surface area contributed by atoms with Gasteiger partial charge in [0.25, 0.3) is 5.91 Å². The number of amides is 1. The Morgan fingerprint density at radius 1 is 1.35 bits per heavy atom. The topological polar surface area (TPSA) is 126 Å². The number of aliphatic hydroxyl groups excluding tert-OH is 1. The summed E-state index contributed by atoms with van der Waals surface area (Å²) in [6.45, 7) is -0.424. The summed E-state index contributed by atoms with van der Waals surface area (Å²) in [5.41, 5.74) is 6.42. The quantitative estimate of drug-likeness (QED) is 0.343. The van der Waals surface area contributed by atoms with E-state index in [1.165, 1.54) is 24.4 Å². The lowest BCUT2D eigenvalue weighted by Gasteiger charge is -2.17. The molecule has 0 saturated heterocycles. The fraction of sp³-hybridized carbons (Fsp3) is 0.143. The minimum absolute atomic E-state index is 0.0424. The Balaban J connectivity index is 1.83. The average molecular weight is 443 g/mol. The number of carbonyl (C=O) groups is 1. The van der Waals surface area contributed by atoms with Crippen LogP contribution in [0.25, 0.3) is 10.9 Å². The van der Waals surface area contributed by atoms with Crippen LogP contribution in [0.4, 0.5) is 10.2 Å². The van der Waals surface area contributed by atoms with Crippen molar-refractivity contribution >= 4 is 40.1 Å². The normalized spacial score (nSPS) is 12.8. The van der Waals surface area contributed by atoms with Gasteiger partial charge in [-0.2, -0.15) is 0 Å². The van der Waals surface area contributed by atoms with Crippen molar-refractivity contribution in [3.63, 3.8) is 0 Å². The highest BCUT2D eigenvalue weighted by Gasteiger charge is 2.17. The van der Waals surface area contributed by atoms with Gasteiger partial charge in [0, 0.05) is 24.7 Å². The van der Waals surface area contributed by atoms with Crippen LogP contribution in [0.5, 0.6) is 0 Å². The summed E-state index contributed by atoms with van der Waals surface area (Å²) < 4.78 is 13.7. The number of aromatic nitrogens is 2. The van der Waals surface area contributed by atoms with Gasteiger partial charge in [-0.05, 0) is 42.1 Å². The number of nitrogens with one attached hydrogen (secondary N) is 2. The first-order valence-corrected chi connectivity index (χ1v) is 9.58. The molecular weight excluding hydrogens is 423 g/mol. The molecule has 2 heterocycles. The van der Waals surface area contributed by atoms with Gasteiger partial charge in [-0.1, -0.05) is 17.7 Å². The molecule has 2 aromatic heterocycles. The second kappa shape index (κ2) is 9.96. The van der Waals surface area contributed by atoms with E-state index < -0.39 is 24.4 Å². The Kier molecular flexibility index (Phi) is 7.11. The molecule has 0 aliphatic heterocycles. The molecule has 31 heavy (non-hydrogen) atoms. The molecule has 0 radical (unpaired) electrons. The first kappa shape index (κ1) is 22.1. The van der Waals surface area contributed by atoms with Crippen LogP contribution in [0.15, 0.2) is 59.9 Å². The fourth-order valence-corrected chi connectivity index (χ4v) is 2.92. The van der Waals surface area contributed by atoms with E-state index in [0.29, 0.717) is 22.7 Å². The first-order valence-electron chi connectivity index (χ1n) is 9.20. The summed E-state index contributed by atoms with van der Waals surface area (Å²) in [5, 5.41) is 16.0. The van der Waals surface area contributed by atoms with Crippen LogP contribution in [0.1, 0.15) is 22.1 Å². The lowest BCUT2D eigenvalue weighted by Crippen LogP contribution is -2.31. The van der Waals surface area contributed by atoms with Gasteiger partial charge >= 0.3 is 0 Å². The number of carbonyl (C=O) groups excluding carboxylic acids is 1. The maximum absolute atomic E-state index is 13.7. The Morgan fingerprint density at radius 2 is 2.16 bits per heavy atom. The third-order valence-electron chi connectivity index (χ3n) is 4.39. The number of pyridine rings is 2. The van der Waals surface area contributed by atoms with Gasteiger partial charge in [0.15, 0.2) is 0 Å². The fourth-order valence-electron chi connectivity index (χ4n) is 2.80. The predicted molar refractivity (Wildman–Crippen MR) is 119 cm³/mol. The van der Waals surface area contributed by atoms with Crippen molar-refractivity contribution in [3.05, 3.63) is 77.0 Å². The molecule has 0 aliphatic rings. The zero-order valence-corrected chi connectivity index (χ0v) is 17.3. The van der Waals surface area contributed by atoms with Gasteiger partial charge < -0.3 is 21.5 Å². The van der Waals surface area contributed by atoms with Crippen molar-refractivity contribution in [1.29, 1.82) is 0 Å². The van der Waals surface area contributed by atoms with Crippen molar-refractivity contribution in [2.45, 2.75) is 6.04 Å². The maximum atomic E-state index is 13.7. The molecule has 3 aromatic rings. The number of aliphatic imine (C=N–C) groups is 1. The van der Waals surface area contributed by atoms with Crippen molar-refractivity contribution in [2.24, 2.45) is 10.7 Å². The average Bonchev–Trinajstić information content (AvgIpc) is 2.78. The second-order valence-electron chi connectivity index (χ2n) is 6.43. The summed E-state index contributed by atoms with van der Waals surface area (Å²) in [7, 11) is 1.61. The van der Waals surface area contributed by atoms with Gasteiger partial charge in [-0.3, -0.25) is 9.79 Å². The maximum Gasteiger partial charge on any atom is 0.270 e. The zero-order valence-electron chi connectivity index (χ0n) is 16.5. The van der Waals surface area contributed by atoms with Crippen molar-refractivity contribution in [1.82, 2.24) is 15.3 Å². The Bertz CT molecular complexity index is 1170. The molecule has 0 fully saturated rings. The third kappa shape index (κ3) is 5.33. The molecule has 1 atom stereocenters. The second-order valence-corrected chi connectivity index (χ2v) is 6.84. The number of anilines is 1. The lowest BCUT2D eigenvalue weighted by molar-refractivity contribution is 0.0911. The summed E-state index contributed by atoms with van der Waals surface area (Å²) in [5.74, 6) is -0.183. The van der Waals surface area contributed by atoms with Gasteiger partial charge in [0.2, 0.25) is 0 Å². The molecule has 0 unspecified atom stereocenters. The smallest absolute Gasteiger partial charge is 0.270 e. The molecule has 10 heteroatoms. The van der Waals surface area contributed by atoms with Gasteiger partial charge in [0.1, 0.15) is 23.2 Å². The van der Waals surface area contributed by atoms with Crippen molar-refractivity contribution < 1.29 is 14.3 Å². The molecule has 5 N–H and O–H groups in total. The summed E-state index contributed by atoms with van der Waals surface area (Å²) in [6, 6.07) is 8.16. The number of fused-ring (bicyclic) bond motifs is 1. The number of rotatable bonds is 6. The van der Waals surface area contributed by atoms with Crippen LogP contribution in [0, 0.1) is 5.82 Å². The van der Waals surface area contributed by atoms with E-state index in [1.54, 1.807) is 37.5 Å². The molecule has 160 valence electrons. The van der Waals surface area contributed by atoms with Crippen LogP contribution in [-0.2, 0) is 0 Å². The number of hydrogen-bond acceptors (Lipinski definition) is 6. The highest BCUT2D eigenvalue weighted by molar-refractivity contribution is 6.30. The summed E-state index contributed by atoms with van der Waals surface area (Å²) in [4.78, 5) is 25.4. The number of benzene rings is 1. The van der Waals surface area contributed by atoms with Crippen LogP contribution in [0.3, 0.4) is 0 Å². The van der Waals surface area contributed by atoms with Gasteiger partial charge in [-0.15, -0.1) is 0 Å². The highest BCUT2D eigenvalue weighted by atomic mass is 35.5. The van der Waals surface area contributed by atoms with Crippen LogP contribution >= 0.6 is 11.6 Å². The van der Waals surface area contributed by atoms with Crippen LogP contribution < -0.4 is 16.4 Å². The number of nitrogens with two attached hydrogens (primary N) is 1. The Morgan fingerprint density at radius 3 is 2.84 bits per heavy atom. The highest BCUT2D eigenvalue weighted by Crippen LogP contribution is 2.21. The minimum atomic E-state index is -0.821. The zero-order chi connectivity index (χ0) is 22.4. The van der Waals surface area contributed by atoms with Crippen molar-refractivity contribution in [2.75, 3.05) is 19.0 Å². The van der Waals surface area contributed by atoms with E-state index in [-0.39, 0.29) is 10.7 Å². The summed E-state index contributed by atoms with van der Waals surface area (Å²) >= 11 is 5.69. The SMILES string of the molecule is CN=C(C=CN)Nc1cc2nc(C(=O)N[C@H](CO)c3ccc(Cl)c(F)c3)ccc2cn1. The monoisotopic (exact) mass is 442 g/mol. The van der Waals surface area contributed by atoms with E-state index in [1.807, 2.05) is 0 Å². The molecule has 1 aromatic carbocycles. The molecule has 0 saturated carbocycles. The van der Waals surface area contributed by atoms with E-state index in [0.717, 1.165) is 5.39 Å². The van der Waals surface area contributed by atoms with Crippen molar-refractivity contribution in [3.8, 4) is 0 Å². The van der Waals surface area contributed by atoms with E-state index in [4.69, 9.17) is 17.3 Å². The number of nitrogens with zero attached hydrogens (tertiary/aromatic N) is 3. The molecule has 0 aliphatic carbocycles. The molecule has 0 bridgehead atoms. The first-order chi connectivity index (χ1) is 14.9. The van der Waals surface area contributed by atoms with E-state index >= 15 is 0 Å². The van der Waals surface area contributed by atoms with E-state index in [2.05, 4.69) is 25.6 Å². The minimum Gasteiger partial charge on any atom is -0.404 e. The number of amidine groups is 1. The standard InChI is InChI=1S/C21H20ClFN6O2/c1-25-19(6-7-24)29-20-9-17-13(10-26-20)3-5-16(27-17)21(31)28-18(11-30)12-2-4-14(22)15(23)8-12/h2-10,18,30H,11,24H2,1H3,(H,28,31)(H,25,26,29)/t18-/m1/s1.